The van der Waals surface area contributed by atoms with Gasteiger partial charge in [0, 0.05) is 37.0 Å². The van der Waals surface area contributed by atoms with Gasteiger partial charge in [-0.05, 0) is 29.8 Å². The lowest BCUT2D eigenvalue weighted by molar-refractivity contribution is -0.123. The molecule has 1 saturated heterocycles. The number of amides is 1. The van der Waals surface area contributed by atoms with Gasteiger partial charge in [0.25, 0.3) is 5.91 Å². The first-order valence-electron chi connectivity index (χ1n) is 12.1. The van der Waals surface area contributed by atoms with Gasteiger partial charge in [0.1, 0.15) is 35.8 Å². The molecule has 1 aliphatic heterocycles. The van der Waals surface area contributed by atoms with Crippen molar-refractivity contribution in [3.8, 4) is 28.3 Å². The highest BCUT2D eigenvalue weighted by atomic mass is 19.4. The molecule has 0 saturated carbocycles. The Morgan fingerprint density at radius 1 is 1.00 bits per heavy atom. The van der Waals surface area contributed by atoms with Crippen molar-refractivity contribution in [1.82, 2.24) is 19.9 Å². The number of alkyl halides is 3. The molecule has 0 aliphatic carbocycles. The maximum atomic E-state index is 12.6. The number of fused-ring (bicyclic) bond motifs is 1. The monoisotopic (exact) mass is 541 g/mol. The summed E-state index contributed by atoms with van der Waals surface area (Å²) >= 11 is 0. The van der Waals surface area contributed by atoms with E-state index in [1.807, 2.05) is 41.8 Å². The largest absolute Gasteiger partial charge is 0.496 e. The lowest BCUT2D eigenvalue weighted by Gasteiger charge is -2.27. The van der Waals surface area contributed by atoms with Crippen LogP contribution in [-0.2, 0) is 4.74 Å². The number of nitrogens with zero attached hydrogens (tertiary/aromatic N) is 4. The number of halogens is 3. The average molecular weight is 542 g/mol. The number of rotatable bonds is 7. The number of benzene rings is 2. The number of hydrogen-bond donors (Lipinski definition) is 1. The van der Waals surface area contributed by atoms with Gasteiger partial charge < -0.3 is 24.4 Å². The molecule has 39 heavy (non-hydrogen) atoms. The molecule has 0 unspecified atom stereocenters. The number of carbonyl (C=O) groups is 1. The summed E-state index contributed by atoms with van der Waals surface area (Å²) < 4.78 is 55.8. The number of carbonyl (C=O) groups excluding carboxylic acids is 1. The third kappa shape index (κ3) is 5.60. The van der Waals surface area contributed by atoms with E-state index in [0.717, 1.165) is 41.1 Å². The summed E-state index contributed by atoms with van der Waals surface area (Å²) in [4.78, 5) is 23.9. The van der Waals surface area contributed by atoms with Crippen molar-refractivity contribution in [2.75, 3.05) is 52.0 Å². The molecular weight excluding hydrogens is 515 g/mol. The number of imidazole rings is 1. The number of pyridine rings is 1. The molecule has 0 spiro atoms. The van der Waals surface area contributed by atoms with Gasteiger partial charge in [-0.3, -0.25) is 9.36 Å². The molecule has 2 aromatic heterocycles. The Morgan fingerprint density at radius 2 is 1.69 bits per heavy atom. The molecular formula is C27H26F3N5O4. The van der Waals surface area contributed by atoms with Crippen LogP contribution >= 0.6 is 0 Å². The molecule has 1 amide bonds. The fourth-order valence-electron chi connectivity index (χ4n) is 4.46. The van der Waals surface area contributed by atoms with E-state index < -0.39 is 18.6 Å². The van der Waals surface area contributed by atoms with Crippen molar-refractivity contribution in [3.63, 3.8) is 0 Å². The van der Waals surface area contributed by atoms with Gasteiger partial charge in [-0.2, -0.15) is 13.2 Å². The van der Waals surface area contributed by atoms with E-state index in [-0.39, 0.29) is 17.1 Å². The van der Waals surface area contributed by atoms with E-state index in [4.69, 9.17) is 14.2 Å². The predicted molar refractivity (Wildman–Crippen MR) is 139 cm³/mol. The third-order valence-electron chi connectivity index (χ3n) is 6.41. The highest BCUT2D eigenvalue weighted by Gasteiger charge is 2.30. The van der Waals surface area contributed by atoms with Crippen LogP contribution in [0.25, 0.3) is 27.8 Å². The van der Waals surface area contributed by atoms with Crippen molar-refractivity contribution < 1.29 is 32.2 Å². The van der Waals surface area contributed by atoms with Crippen molar-refractivity contribution in [1.29, 1.82) is 0 Å². The Labute approximate surface area is 222 Å². The first-order valence-corrected chi connectivity index (χ1v) is 12.1. The summed E-state index contributed by atoms with van der Waals surface area (Å²) in [6.07, 6.45) is -1.10. The van der Waals surface area contributed by atoms with Crippen LogP contribution in [-0.4, -0.2) is 73.7 Å². The zero-order chi connectivity index (χ0) is 27.6. The van der Waals surface area contributed by atoms with Crippen LogP contribution in [0.2, 0.25) is 0 Å². The molecule has 5 rings (SSSR count). The quantitative estimate of drug-likeness (QED) is 0.375. The minimum atomic E-state index is -4.55. The van der Waals surface area contributed by atoms with Crippen LogP contribution < -0.4 is 19.7 Å². The number of morpholine rings is 1. The highest BCUT2D eigenvalue weighted by molar-refractivity contribution is 6.00. The summed E-state index contributed by atoms with van der Waals surface area (Å²) in [5.41, 5.74) is 3.81. The van der Waals surface area contributed by atoms with Crippen LogP contribution in [0.15, 0.2) is 55.0 Å². The molecule has 1 fully saturated rings. The van der Waals surface area contributed by atoms with E-state index in [1.54, 1.807) is 23.0 Å². The molecule has 1 N–H and O–H groups in total. The number of hydrogen-bond acceptors (Lipinski definition) is 7. The SMILES string of the molecule is COc1cc(-n2cnc3cc(-c4ccc(N5CCOCC5)nc4)ccc32)cc(OC)c1C(=O)NCC(F)(F)F. The van der Waals surface area contributed by atoms with Gasteiger partial charge in [0.15, 0.2) is 0 Å². The number of anilines is 1. The molecule has 0 radical (unpaired) electrons. The molecule has 2 aromatic carbocycles. The highest BCUT2D eigenvalue weighted by Crippen LogP contribution is 2.34. The minimum absolute atomic E-state index is 0.0638. The van der Waals surface area contributed by atoms with E-state index in [1.165, 1.54) is 14.2 Å². The molecule has 0 bridgehead atoms. The molecule has 0 atom stereocenters. The van der Waals surface area contributed by atoms with Crippen molar-refractivity contribution in [2.24, 2.45) is 0 Å². The molecule has 1 aliphatic rings. The average Bonchev–Trinajstić information content (AvgIpc) is 3.38. The fraction of sp³-hybridized carbons (Fsp3) is 0.296. The maximum Gasteiger partial charge on any atom is 0.405 e. The van der Waals surface area contributed by atoms with Crippen LogP contribution in [0.5, 0.6) is 11.5 Å². The van der Waals surface area contributed by atoms with Crippen molar-refractivity contribution in [3.05, 3.63) is 60.6 Å². The Hall–Kier alpha value is -4.32. The van der Waals surface area contributed by atoms with Gasteiger partial charge in [0.2, 0.25) is 0 Å². The van der Waals surface area contributed by atoms with E-state index in [0.29, 0.717) is 18.9 Å². The zero-order valence-corrected chi connectivity index (χ0v) is 21.3. The van der Waals surface area contributed by atoms with Crippen LogP contribution in [0, 0.1) is 0 Å². The molecule has 9 nitrogen and oxygen atoms in total. The van der Waals surface area contributed by atoms with Gasteiger partial charge in [-0.25, -0.2) is 9.97 Å². The summed E-state index contributed by atoms with van der Waals surface area (Å²) in [5, 5.41) is 1.86. The smallest absolute Gasteiger partial charge is 0.405 e. The lowest BCUT2D eigenvalue weighted by Crippen LogP contribution is -2.36. The third-order valence-corrected chi connectivity index (χ3v) is 6.41. The van der Waals surface area contributed by atoms with Crippen LogP contribution in [0.3, 0.4) is 0 Å². The second kappa shape index (κ2) is 10.8. The standard InChI is InChI=1S/C27H26F3N5O4/c1-37-22-12-19(13-23(38-2)25(22)26(36)32-15-27(28,29)30)35-16-33-20-11-17(3-5-21(20)35)18-4-6-24(31-14-18)34-7-9-39-10-8-34/h3-6,11-14,16H,7-10,15H2,1-2H3,(H,32,36). The van der Waals surface area contributed by atoms with Gasteiger partial charge >= 0.3 is 6.18 Å². The Balaban J connectivity index is 1.44. The lowest BCUT2D eigenvalue weighted by atomic mass is 10.1. The summed E-state index contributed by atoms with van der Waals surface area (Å²) in [7, 11) is 2.66. The fourth-order valence-corrected chi connectivity index (χ4v) is 4.46. The van der Waals surface area contributed by atoms with Gasteiger partial charge in [-0.15, -0.1) is 0 Å². The summed E-state index contributed by atoms with van der Waals surface area (Å²) in [5.74, 6) is 0.0784. The maximum absolute atomic E-state index is 12.6. The van der Waals surface area contributed by atoms with Gasteiger partial charge in [0.05, 0.1) is 44.2 Å². The number of nitrogens with one attached hydrogen (secondary N) is 1. The van der Waals surface area contributed by atoms with E-state index in [9.17, 15) is 18.0 Å². The topological polar surface area (TPSA) is 90.7 Å². The Kier molecular flexibility index (Phi) is 7.29. The first kappa shape index (κ1) is 26.3. The number of ether oxygens (including phenoxy) is 3. The Bertz CT molecular complexity index is 1460. The molecule has 12 heteroatoms. The zero-order valence-electron chi connectivity index (χ0n) is 21.3. The van der Waals surface area contributed by atoms with E-state index in [2.05, 4.69) is 14.9 Å². The van der Waals surface area contributed by atoms with Crippen LogP contribution in [0.4, 0.5) is 19.0 Å². The van der Waals surface area contributed by atoms with E-state index >= 15 is 0 Å². The normalized spacial score (nSPS) is 13.9. The number of methoxy groups -OCH3 is 2. The van der Waals surface area contributed by atoms with Crippen molar-refractivity contribution >= 4 is 22.8 Å². The first-order chi connectivity index (χ1) is 18.8. The van der Waals surface area contributed by atoms with Gasteiger partial charge in [-0.1, -0.05) is 6.07 Å². The Morgan fingerprint density at radius 3 is 2.31 bits per heavy atom. The second-order valence-electron chi connectivity index (χ2n) is 8.85. The summed E-state index contributed by atoms with van der Waals surface area (Å²) in [6, 6.07) is 12.9. The molecule has 3 heterocycles. The van der Waals surface area contributed by atoms with Crippen molar-refractivity contribution in [2.45, 2.75) is 6.18 Å². The number of aromatic nitrogens is 3. The molecule has 204 valence electrons. The minimum Gasteiger partial charge on any atom is -0.496 e. The molecule has 4 aromatic rings. The summed E-state index contributed by atoms with van der Waals surface area (Å²) in [6.45, 7) is 1.53. The predicted octanol–water partition coefficient (Wildman–Crippen LogP) is 4.23. The second-order valence-corrected chi connectivity index (χ2v) is 8.85. The van der Waals surface area contributed by atoms with Crippen LogP contribution in [0.1, 0.15) is 10.4 Å².